The molecule has 1 aromatic carbocycles. The summed E-state index contributed by atoms with van der Waals surface area (Å²) in [5.41, 5.74) is 0.848. The van der Waals surface area contributed by atoms with Gasteiger partial charge in [0.25, 0.3) is 11.8 Å². The van der Waals surface area contributed by atoms with Gasteiger partial charge in [-0.05, 0) is 18.2 Å². The molecule has 2 amide bonds. The number of carbonyl (C=O) groups is 2. The van der Waals surface area contributed by atoms with E-state index < -0.39 is 11.8 Å². The van der Waals surface area contributed by atoms with E-state index in [2.05, 4.69) is 4.98 Å². The zero-order valence-corrected chi connectivity index (χ0v) is 10.3. The predicted molar refractivity (Wildman–Crippen MR) is 68.8 cm³/mol. The van der Waals surface area contributed by atoms with E-state index in [1.54, 1.807) is 36.4 Å². The van der Waals surface area contributed by atoms with Crippen molar-refractivity contribution in [1.82, 2.24) is 10.0 Å². The molecule has 1 aliphatic rings. The van der Waals surface area contributed by atoms with Gasteiger partial charge in [-0.3, -0.25) is 19.2 Å². The van der Waals surface area contributed by atoms with Gasteiger partial charge in [-0.25, -0.2) is 0 Å². The highest BCUT2D eigenvalue weighted by Crippen LogP contribution is 2.22. The standard InChI is InChI=1S/C14H10N2O4/c17-12-7-3-4-9(15-12)8-20-16-13(18)10-5-1-2-6-11(10)14(16)19/h1-7H,8H2,(H,15,17). The van der Waals surface area contributed by atoms with E-state index in [-0.39, 0.29) is 12.2 Å². The zero-order chi connectivity index (χ0) is 14.1. The number of nitrogens with one attached hydrogen (secondary N) is 1. The molecule has 100 valence electrons. The Morgan fingerprint density at radius 2 is 1.55 bits per heavy atom. The third-order valence-electron chi connectivity index (χ3n) is 2.93. The molecule has 0 radical (unpaired) electrons. The molecule has 0 atom stereocenters. The number of H-pyrrole nitrogens is 1. The van der Waals surface area contributed by atoms with Gasteiger partial charge < -0.3 is 4.98 Å². The lowest BCUT2D eigenvalue weighted by atomic mass is 10.1. The van der Waals surface area contributed by atoms with Crippen LogP contribution in [0.4, 0.5) is 0 Å². The first-order valence-corrected chi connectivity index (χ1v) is 5.96. The Hall–Kier alpha value is -2.73. The average molecular weight is 270 g/mol. The fourth-order valence-electron chi connectivity index (χ4n) is 2.00. The van der Waals surface area contributed by atoms with Crippen LogP contribution >= 0.6 is 0 Å². The minimum Gasteiger partial charge on any atom is -0.324 e. The minimum atomic E-state index is -0.496. The van der Waals surface area contributed by atoms with Gasteiger partial charge >= 0.3 is 0 Å². The Balaban J connectivity index is 1.79. The lowest BCUT2D eigenvalue weighted by Crippen LogP contribution is -2.30. The molecule has 0 bridgehead atoms. The quantitative estimate of drug-likeness (QED) is 0.847. The van der Waals surface area contributed by atoms with Crippen LogP contribution in [0.2, 0.25) is 0 Å². The number of hydrogen-bond acceptors (Lipinski definition) is 4. The van der Waals surface area contributed by atoms with Crippen molar-refractivity contribution in [2.45, 2.75) is 6.61 Å². The second-order valence-electron chi connectivity index (χ2n) is 4.26. The summed E-state index contributed by atoms with van der Waals surface area (Å²) in [5.74, 6) is -0.993. The van der Waals surface area contributed by atoms with Crippen LogP contribution in [0.15, 0.2) is 47.3 Å². The highest BCUT2D eigenvalue weighted by molar-refractivity contribution is 6.20. The molecule has 0 unspecified atom stereocenters. The van der Waals surface area contributed by atoms with Crippen LogP contribution < -0.4 is 5.56 Å². The number of carbonyl (C=O) groups excluding carboxylic acids is 2. The number of aromatic nitrogens is 1. The molecule has 0 saturated carbocycles. The van der Waals surface area contributed by atoms with E-state index in [4.69, 9.17) is 4.84 Å². The van der Waals surface area contributed by atoms with Crippen LogP contribution in [0.5, 0.6) is 0 Å². The summed E-state index contributed by atoms with van der Waals surface area (Å²) in [6.07, 6.45) is 0. The maximum Gasteiger partial charge on any atom is 0.285 e. The second-order valence-corrected chi connectivity index (χ2v) is 4.26. The van der Waals surface area contributed by atoms with E-state index in [0.717, 1.165) is 5.06 Å². The Labute approximate surface area is 113 Å². The van der Waals surface area contributed by atoms with E-state index in [1.165, 1.54) is 6.07 Å². The first-order valence-electron chi connectivity index (χ1n) is 5.96. The van der Waals surface area contributed by atoms with E-state index in [0.29, 0.717) is 16.8 Å². The van der Waals surface area contributed by atoms with Gasteiger partial charge in [0.1, 0.15) is 6.61 Å². The molecule has 20 heavy (non-hydrogen) atoms. The number of aromatic amines is 1. The summed E-state index contributed by atoms with van der Waals surface area (Å²) < 4.78 is 0. The van der Waals surface area contributed by atoms with E-state index in [1.807, 2.05) is 0 Å². The van der Waals surface area contributed by atoms with Crippen molar-refractivity contribution >= 4 is 11.8 Å². The van der Waals surface area contributed by atoms with E-state index in [9.17, 15) is 14.4 Å². The Bertz CT molecular complexity index is 716. The molecule has 1 N–H and O–H groups in total. The lowest BCUT2D eigenvalue weighted by molar-refractivity contribution is -0.102. The maximum atomic E-state index is 12.0. The summed E-state index contributed by atoms with van der Waals surface area (Å²) >= 11 is 0. The lowest BCUT2D eigenvalue weighted by Gasteiger charge is -2.12. The van der Waals surface area contributed by atoms with Crippen molar-refractivity contribution in [2.24, 2.45) is 0 Å². The van der Waals surface area contributed by atoms with Crippen LogP contribution in [0.3, 0.4) is 0 Å². The third-order valence-corrected chi connectivity index (χ3v) is 2.93. The number of benzene rings is 1. The normalized spacial score (nSPS) is 13.7. The van der Waals surface area contributed by atoms with Gasteiger partial charge in [0.15, 0.2) is 0 Å². The number of rotatable bonds is 3. The van der Waals surface area contributed by atoms with Gasteiger partial charge in [0.05, 0.1) is 11.1 Å². The molecule has 0 aliphatic carbocycles. The van der Waals surface area contributed by atoms with Crippen molar-refractivity contribution < 1.29 is 14.4 Å². The predicted octanol–water partition coefficient (Wildman–Crippen LogP) is 1.10. The number of hydrogen-bond donors (Lipinski definition) is 1. The molecule has 6 nitrogen and oxygen atoms in total. The van der Waals surface area contributed by atoms with Crippen molar-refractivity contribution in [3.05, 3.63) is 69.6 Å². The van der Waals surface area contributed by atoms with Gasteiger partial charge in [-0.1, -0.05) is 18.2 Å². The second kappa shape index (κ2) is 4.75. The fraction of sp³-hybridized carbons (Fsp3) is 0.0714. The van der Waals surface area contributed by atoms with Gasteiger partial charge in [0.2, 0.25) is 5.56 Å². The number of nitrogens with zero attached hydrogens (tertiary/aromatic N) is 1. The van der Waals surface area contributed by atoms with Crippen molar-refractivity contribution in [3.63, 3.8) is 0 Å². The Kier molecular flexibility index (Phi) is 2.92. The van der Waals surface area contributed by atoms with Crippen LogP contribution in [0.25, 0.3) is 0 Å². The third kappa shape index (κ3) is 2.02. The molecule has 0 spiro atoms. The fourth-order valence-corrected chi connectivity index (χ4v) is 2.00. The molecular weight excluding hydrogens is 260 g/mol. The largest absolute Gasteiger partial charge is 0.324 e. The highest BCUT2D eigenvalue weighted by Gasteiger charge is 2.36. The molecule has 2 aromatic rings. The molecule has 1 aromatic heterocycles. The first-order chi connectivity index (χ1) is 9.66. The average Bonchev–Trinajstić information content (AvgIpc) is 2.70. The van der Waals surface area contributed by atoms with Crippen LogP contribution in [-0.4, -0.2) is 21.9 Å². The minimum absolute atomic E-state index is 0.0679. The first kappa shape index (κ1) is 12.3. The Morgan fingerprint density at radius 1 is 0.900 bits per heavy atom. The van der Waals surface area contributed by atoms with Crippen LogP contribution in [-0.2, 0) is 11.4 Å². The number of hydroxylamine groups is 2. The Morgan fingerprint density at radius 3 is 2.15 bits per heavy atom. The number of amides is 2. The molecular formula is C14H10N2O4. The van der Waals surface area contributed by atoms with Crippen molar-refractivity contribution in [3.8, 4) is 0 Å². The van der Waals surface area contributed by atoms with Crippen LogP contribution in [0.1, 0.15) is 26.4 Å². The molecule has 1 aliphatic heterocycles. The SMILES string of the molecule is O=C1c2ccccc2C(=O)N1OCc1cccc(=O)[nH]1. The number of pyridine rings is 1. The molecule has 3 rings (SSSR count). The summed E-state index contributed by atoms with van der Waals surface area (Å²) in [7, 11) is 0. The topological polar surface area (TPSA) is 79.5 Å². The maximum absolute atomic E-state index is 12.0. The van der Waals surface area contributed by atoms with Gasteiger partial charge in [0, 0.05) is 11.8 Å². The molecule has 2 heterocycles. The summed E-state index contributed by atoms with van der Waals surface area (Å²) in [6.45, 7) is -0.0679. The summed E-state index contributed by atoms with van der Waals surface area (Å²) in [6, 6.07) is 11.1. The van der Waals surface area contributed by atoms with Crippen molar-refractivity contribution in [2.75, 3.05) is 0 Å². The van der Waals surface area contributed by atoms with Gasteiger partial charge in [-0.15, -0.1) is 5.06 Å². The van der Waals surface area contributed by atoms with Crippen molar-refractivity contribution in [1.29, 1.82) is 0 Å². The zero-order valence-electron chi connectivity index (χ0n) is 10.3. The smallest absolute Gasteiger partial charge is 0.285 e. The highest BCUT2D eigenvalue weighted by atomic mass is 16.7. The van der Waals surface area contributed by atoms with E-state index >= 15 is 0 Å². The molecule has 0 fully saturated rings. The number of imide groups is 1. The number of fused-ring (bicyclic) bond motifs is 1. The molecule has 0 saturated heterocycles. The van der Waals surface area contributed by atoms with Crippen LogP contribution in [0, 0.1) is 0 Å². The summed E-state index contributed by atoms with van der Waals surface area (Å²) in [4.78, 5) is 42.9. The van der Waals surface area contributed by atoms with Gasteiger partial charge in [-0.2, -0.15) is 0 Å². The summed E-state index contributed by atoms with van der Waals surface area (Å²) in [5, 5.41) is 0.718. The monoisotopic (exact) mass is 270 g/mol. The molecule has 6 heteroatoms.